The number of aryl methyl sites for hydroxylation is 1. The van der Waals surface area contributed by atoms with Crippen LogP contribution in [-0.4, -0.2) is 4.33 Å². The summed E-state index contributed by atoms with van der Waals surface area (Å²) < 4.78 is -0.560. The van der Waals surface area contributed by atoms with Crippen LogP contribution in [-0.2, 0) is 6.42 Å². The van der Waals surface area contributed by atoms with Crippen molar-refractivity contribution in [3.8, 4) is 0 Å². The molecule has 0 saturated heterocycles. The van der Waals surface area contributed by atoms with Gasteiger partial charge in [0.1, 0.15) is 4.33 Å². The van der Waals surface area contributed by atoms with Gasteiger partial charge >= 0.3 is 0 Å². The average molecular weight is 250 g/mol. The Morgan fingerprint density at radius 2 is 2.00 bits per heavy atom. The highest BCUT2D eigenvalue weighted by Crippen LogP contribution is 2.59. The molecule has 0 bridgehead atoms. The number of hydrogen-bond donors (Lipinski definition) is 0. The van der Waals surface area contributed by atoms with E-state index in [1.54, 1.807) is 0 Å². The molecule has 1 aliphatic carbocycles. The van der Waals surface area contributed by atoms with Crippen molar-refractivity contribution in [3.05, 3.63) is 34.3 Å². The van der Waals surface area contributed by atoms with Crippen LogP contribution in [0.5, 0.6) is 0 Å². The average Bonchev–Trinajstić information content (AvgIpc) is 2.74. The molecule has 1 aromatic rings. The first-order chi connectivity index (χ1) is 6.53. The van der Waals surface area contributed by atoms with Crippen LogP contribution in [0.1, 0.15) is 30.4 Å². The molecular formula is C11H11Cl3. The van der Waals surface area contributed by atoms with E-state index in [2.05, 4.69) is 13.0 Å². The lowest BCUT2D eigenvalue weighted by atomic mass is 10.1. The van der Waals surface area contributed by atoms with Crippen LogP contribution in [0, 0.1) is 0 Å². The minimum atomic E-state index is -0.560. The Bertz CT molecular complexity index is 358. The maximum absolute atomic E-state index is 6.01. The molecule has 3 heteroatoms. The zero-order valence-electron chi connectivity index (χ0n) is 7.86. The van der Waals surface area contributed by atoms with Gasteiger partial charge in [0, 0.05) is 10.9 Å². The fourth-order valence-electron chi connectivity index (χ4n) is 1.66. The van der Waals surface area contributed by atoms with Gasteiger partial charge < -0.3 is 0 Å². The first kappa shape index (κ1) is 10.6. The van der Waals surface area contributed by atoms with Gasteiger partial charge in [-0.2, -0.15) is 0 Å². The van der Waals surface area contributed by atoms with Crippen molar-refractivity contribution in [2.45, 2.75) is 30.0 Å². The Morgan fingerprint density at radius 1 is 1.36 bits per heavy atom. The summed E-state index contributed by atoms with van der Waals surface area (Å²) >= 11 is 18.0. The van der Waals surface area contributed by atoms with E-state index in [1.165, 1.54) is 11.1 Å². The van der Waals surface area contributed by atoms with Gasteiger partial charge in [-0.05, 0) is 36.1 Å². The quantitative estimate of drug-likeness (QED) is 0.674. The normalized spacial score (nSPS) is 23.6. The van der Waals surface area contributed by atoms with E-state index in [0.717, 1.165) is 17.9 Å². The van der Waals surface area contributed by atoms with Crippen LogP contribution in [0.25, 0.3) is 0 Å². The van der Waals surface area contributed by atoms with Gasteiger partial charge in [-0.25, -0.2) is 0 Å². The summed E-state index contributed by atoms with van der Waals surface area (Å²) in [7, 11) is 0. The fraction of sp³-hybridized carbons (Fsp3) is 0.455. The molecule has 0 amide bonds. The SMILES string of the molecule is CCc1cc(Cl)cc([C@@H]2CC2(Cl)Cl)c1. The smallest absolute Gasteiger partial charge is 0.101 e. The number of alkyl halides is 2. The summed E-state index contributed by atoms with van der Waals surface area (Å²) in [5.74, 6) is 0.259. The van der Waals surface area contributed by atoms with E-state index in [1.807, 2.05) is 12.1 Å². The summed E-state index contributed by atoms with van der Waals surface area (Å²) in [5.41, 5.74) is 2.41. The number of hydrogen-bond acceptors (Lipinski definition) is 0. The van der Waals surface area contributed by atoms with Gasteiger partial charge in [0.2, 0.25) is 0 Å². The van der Waals surface area contributed by atoms with E-state index >= 15 is 0 Å². The molecule has 14 heavy (non-hydrogen) atoms. The molecule has 0 nitrogen and oxygen atoms in total. The second-order valence-corrected chi connectivity index (χ2v) is 5.74. The first-order valence-corrected chi connectivity index (χ1v) is 5.83. The first-order valence-electron chi connectivity index (χ1n) is 4.70. The third-order valence-corrected chi connectivity index (χ3v) is 3.67. The molecule has 1 atom stereocenters. The lowest BCUT2D eigenvalue weighted by molar-refractivity contribution is 1.07. The van der Waals surface area contributed by atoms with Crippen LogP contribution in [0.3, 0.4) is 0 Å². The van der Waals surface area contributed by atoms with Gasteiger partial charge in [0.05, 0.1) is 0 Å². The lowest BCUT2D eigenvalue weighted by Gasteiger charge is -2.05. The molecule has 0 heterocycles. The highest BCUT2D eigenvalue weighted by molar-refractivity contribution is 6.51. The summed E-state index contributed by atoms with van der Waals surface area (Å²) in [6.45, 7) is 2.11. The van der Waals surface area contributed by atoms with Crippen molar-refractivity contribution in [2.24, 2.45) is 0 Å². The predicted octanol–water partition coefficient (Wildman–Crippen LogP) is 4.56. The van der Waals surface area contributed by atoms with Crippen LogP contribution < -0.4 is 0 Å². The van der Waals surface area contributed by atoms with E-state index in [0.29, 0.717) is 0 Å². The van der Waals surface area contributed by atoms with E-state index in [4.69, 9.17) is 34.8 Å². The molecule has 1 aliphatic rings. The molecule has 1 fully saturated rings. The summed E-state index contributed by atoms with van der Waals surface area (Å²) in [6.07, 6.45) is 1.82. The van der Waals surface area contributed by atoms with Gasteiger partial charge in [0.25, 0.3) is 0 Å². The number of halogens is 3. The van der Waals surface area contributed by atoms with Crippen LogP contribution in [0.2, 0.25) is 5.02 Å². The van der Waals surface area contributed by atoms with Crippen LogP contribution in [0.4, 0.5) is 0 Å². The second kappa shape index (κ2) is 3.59. The van der Waals surface area contributed by atoms with Gasteiger partial charge in [0.15, 0.2) is 0 Å². The standard InChI is InChI=1S/C11H11Cl3/c1-2-7-3-8(5-9(12)4-7)10-6-11(10,13)14/h3-5,10H,2,6H2,1H3/t10-/m0/s1. The Balaban J connectivity index is 2.31. The summed E-state index contributed by atoms with van der Waals surface area (Å²) in [6, 6.07) is 6.08. The van der Waals surface area contributed by atoms with E-state index < -0.39 is 4.33 Å². The monoisotopic (exact) mass is 248 g/mol. The number of benzene rings is 1. The number of rotatable bonds is 2. The molecule has 2 rings (SSSR count). The predicted molar refractivity (Wildman–Crippen MR) is 62.6 cm³/mol. The molecule has 1 saturated carbocycles. The van der Waals surface area contributed by atoms with Crippen molar-refractivity contribution >= 4 is 34.8 Å². The molecular weight excluding hydrogens is 238 g/mol. The maximum Gasteiger partial charge on any atom is 0.125 e. The van der Waals surface area contributed by atoms with E-state index in [-0.39, 0.29) is 5.92 Å². The van der Waals surface area contributed by atoms with Crippen molar-refractivity contribution < 1.29 is 0 Å². The largest absolute Gasteiger partial charge is 0.125 e. The van der Waals surface area contributed by atoms with Gasteiger partial charge in [-0.15, -0.1) is 23.2 Å². The highest BCUT2D eigenvalue weighted by Gasteiger charge is 2.52. The van der Waals surface area contributed by atoms with Crippen molar-refractivity contribution in [2.75, 3.05) is 0 Å². The molecule has 0 aromatic heterocycles. The Labute approximate surface area is 99.2 Å². The van der Waals surface area contributed by atoms with Crippen LogP contribution in [0.15, 0.2) is 18.2 Å². The second-order valence-electron chi connectivity index (χ2n) is 3.76. The Hall–Kier alpha value is 0.0900. The van der Waals surface area contributed by atoms with Crippen molar-refractivity contribution in [1.29, 1.82) is 0 Å². The van der Waals surface area contributed by atoms with Gasteiger partial charge in [-0.3, -0.25) is 0 Å². The summed E-state index contributed by atoms with van der Waals surface area (Å²) in [4.78, 5) is 0. The highest BCUT2D eigenvalue weighted by atomic mass is 35.5. The fourth-order valence-corrected chi connectivity index (χ4v) is 2.48. The Kier molecular flexibility index (Phi) is 2.72. The molecule has 76 valence electrons. The van der Waals surface area contributed by atoms with Crippen molar-refractivity contribution in [1.82, 2.24) is 0 Å². The zero-order chi connectivity index (χ0) is 10.3. The maximum atomic E-state index is 6.01. The lowest BCUT2D eigenvalue weighted by Crippen LogP contribution is -1.91. The minimum absolute atomic E-state index is 0.259. The van der Waals surface area contributed by atoms with Gasteiger partial charge in [-0.1, -0.05) is 24.6 Å². The van der Waals surface area contributed by atoms with Crippen LogP contribution >= 0.6 is 34.8 Å². The molecule has 1 aromatic carbocycles. The molecule has 0 radical (unpaired) electrons. The third kappa shape index (κ3) is 2.03. The third-order valence-electron chi connectivity index (χ3n) is 2.62. The molecule has 0 spiro atoms. The topological polar surface area (TPSA) is 0 Å². The molecule has 0 unspecified atom stereocenters. The minimum Gasteiger partial charge on any atom is -0.101 e. The zero-order valence-corrected chi connectivity index (χ0v) is 10.1. The van der Waals surface area contributed by atoms with Crippen molar-refractivity contribution in [3.63, 3.8) is 0 Å². The Morgan fingerprint density at radius 3 is 2.50 bits per heavy atom. The summed E-state index contributed by atoms with van der Waals surface area (Å²) in [5, 5.41) is 0.774. The molecule has 0 N–H and O–H groups in total. The van der Waals surface area contributed by atoms with E-state index in [9.17, 15) is 0 Å². The molecule has 0 aliphatic heterocycles.